The van der Waals surface area contributed by atoms with Crippen molar-refractivity contribution in [1.82, 2.24) is 15.5 Å². The van der Waals surface area contributed by atoms with E-state index in [-0.39, 0.29) is 5.91 Å². The fraction of sp³-hybridized carbons (Fsp3) is 0.167. The van der Waals surface area contributed by atoms with Crippen LogP contribution in [0.5, 0.6) is 0 Å². The van der Waals surface area contributed by atoms with Crippen LogP contribution in [0.1, 0.15) is 17.4 Å². The molecule has 94 valence electrons. The number of carbonyl (C=O) groups excluding carboxylic acids is 1. The molecule has 0 fully saturated rings. The number of nitrogens with zero attached hydrogens (tertiary/aromatic N) is 1. The molecule has 1 heterocycles. The van der Waals surface area contributed by atoms with Crippen LogP contribution in [0.25, 0.3) is 11.3 Å². The molecule has 4 nitrogen and oxygen atoms in total. The maximum atomic E-state index is 11.6. The summed E-state index contributed by atoms with van der Waals surface area (Å²) in [6, 6.07) is 6.87. The van der Waals surface area contributed by atoms with E-state index in [2.05, 4.69) is 15.5 Å². The second-order valence-corrected chi connectivity index (χ2v) is 4.47. The highest BCUT2D eigenvalue weighted by Gasteiger charge is 2.10. The van der Waals surface area contributed by atoms with Crippen molar-refractivity contribution in [2.75, 3.05) is 6.54 Å². The Morgan fingerprint density at radius 2 is 2.11 bits per heavy atom. The SMILES string of the molecule is CCNC(=O)c1cc(-c2ccc(Cl)c(Cl)c2)n[nH]1. The van der Waals surface area contributed by atoms with E-state index in [1.54, 1.807) is 24.3 Å². The molecule has 0 aliphatic heterocycles. The number of carbonyl (C=O) groups is 1. The molecule has 2 rings (SSSR count). The summed E-state index contributed by atoms with van der Waals surface area (Å²) < 4.78 is 0. The first-order valence-corrected chi connectivity index (χ1v) is 6.16. The van der Waals surface area contributed by atoms with Crippen LogP contribution in [0.3, 0.4) is 0 Å². The normalized spacial score (nSPS) is 10.4. The van der Waals surface area contributed by atoms with Crippen molar-refractivity contribution < 1.29 is 4.79 Å². The fourth-order valence-electron chi connectivity index (χ4n) is 1.50. The minimum atomic E-state index is -0.184. The van der Waals surface area contributed by atoms with Gasteiger partial charge in [-0.3, -0.25) is 9.89 Å². The number of aromatic amines is 1. The average Bonchev–Trinajstić information content (AvgIpc) is 2.82. The van der Waals surface area contributed by atoms with E-state index in [0.717, 1.165) is 5.56 Å². The molecule has 0 atom stereocenters. The number of hydrogen-bond donors (Lipinski definition) is 2. The number of halogens is 2. The number of hydrogen-bond acceptors (Lipinski definition) is 2. The second kappa shape index (κ2) is 5.42. The highest BCUT2D eigenvalue weighted by atomic mass is 35.5. The smallest absolute Gasteiger partial charge is 0.269 e. The summed E-state index contributed by atoms with van der Waals surface area (Å²) in [5.41, 5.74) is 1.86. The Bertz CT molecular complexity index is 580. The Morgan fingerprint density at radius 1 is 1.33 bits per heavy atom. The molecule has 0 aliphatic rings. The molecular weight excluding hydrogens is 273 g/mol. The van der Waals surface area contributed by atoms with Crippen LogP contribution in [-0.2, 0) is 0 Å². The predicted molar refractivity (Wildman–Crippen MR) is 72.1 cm³/mol. The van der Waals surface area contributed by atoms with E-state index in [0.29, 0.717) is 28.0 Å². The molecule has 0 bridgehead atoms. The van der Waals surface area contributed by atoms with Gasteiger partial charge in [-0.1, -0.05) is 29.3 Å². The Labute approximate surface area is 114 Å². The zero-order valence-electron chi connectivity index (χ0n) is 9.63. The second-order valence-electron chi connectivity index (χ2n) is 3.66. The predicted octanol–water partition coefficient (Wildman–Crippen LogP) is 3.13. The molecule has 6 heteroatoms. The Morgan fingerprint density at radius 3 is 2.78 bits per heavy atom. The van der Waals surface area contributed by atoms with Gasteiger partial charge in [-0.25, -0.2) is 0 Å². The zero-order chi connectivity index (χ0) is 13.1. The van der Waals surface area contributed by atoms with Gasteiger partial charge < -0.3 is 5.32 Å². The van der Waals surface area contributed by atoms with Crippen LogP contribution < -0.4 is 5.32 Å². The van der Waals surface area contributed by atoms with Crippen molar-refractivity contribution in [2.24, 2.45) is 0 Å². The fourth-order valence-corrected chi connectivity index (χ4v) is 1.80. The number of aromatic nitrogens is 2. The number of H-pyrrole nitrogens is 1. The molecule has 1 aromatic heterocycles. The van der Waals surface area contributed by atoms with E-state index in [4.69, 9.17) is 23.2 Å². The van der Waals surface area contributed by atoms with Gasteiger partial charge in [-0.15, -0.1) is 0 Å². The van der Waals surface area contributed by atoms with Crippen molar-refractivity contribution in [3.63, 3.8) is 0 Å². The first-order valence-electron chi connectivity index (χ1n) is 5.41. The number of nitrogens with one attached hydrogen (secondary N) is 2. The Hall–Kier alpha value is -1.52. The third-order valence-corrected chi connectivity index (χ3v) is 3.11. The molecule has 1 aromatic carbocycles. The Balaban J connectivity index is 2.29. The van der Waals surface area contributed by atoms with Crippen molar-refractivity contribution in [1.29, 1.82) is 0 Å². The molecule has 0 saturated heterocycles. The largest absolute Gasteiger partial charge is 0.351 e. The number of benzene rings is 1. The molecule has 0 aliphatic carbocycles. The molecule has 0 unspecified atom stereocenters. The topological polar surface area (TPSA) is 57.8 Å². The van der Waals surface area contributed by atoms with Crippen molar-refractivity contribution in [3.05, 3.63) is 40.0 Å². The summed E-state index contributed by atoms with van der Waals surface area (Å²) in [6.07, 6.45) is 0. The van der Waals surface area contributed by atoms with Gasteiger partial charge in [0.15, 0.2) is 0 Å². The number of rotatable bonds is 3. The highest BCUT2D eigenvalue weighted by molar-refractivity contribution is 6.42. The van der Waals surface area contributed by atoms with Crippen LogP contribution in [0.4, 0.5) is 0 Å². The van der Waals surface area contributed by atoms with Gasteiger partial charge in [-0.2, -0.15) is 5.10 Å². The van der Waals surface area contributed by atoms with Crippen LogP contribution in [0.2, 0.25) is 10.0 Å². The molecule has 0 spiro atoms. The molecule has 2 N–H and O–H groups in total. The van der Waals surface area contributed by atoms with Crippen LogP contribution in [0.15, 0.2) is 24.3 Å². The summed E-state index contributed by atoms with van der Waals surface area (Å²) in [5, 5.41) is 10.4. The summed E-state index contributed by atoms with van der Waals surface area (Å²) >= 11 is 11.8. The van der Waals surface area contributed by atoms with E-state index in [1.807, 2.05) is 6.92 Å². The van der Waals surface area contributed by atoms with Gasteiger partial charge in [0, 0.05) is 12.1 Å². The standard InChI is InChI=1S/C12H11Cl2N3O/c1-2-15-12(18)11-6-10(16-17-11)7-3-4-8(13)9(14)5-7/h3-6H,2H2,1H3,(H,15,18)(H,16,17). The quantitative estimate of drug-likeness (QED) is 0.909. The van der Waals surface area contributed by atoms with E-state index in [9.17, 15) is 4.79 Å². The lowest BCUT2D eigenvalue weighted by molar-refractivity contribution is 0.0951. The van der Waals surface area contributed by atoms with Crippen molar-refractivity contribution >= 4 is 29.1 Å². The minimum absolute atomic E-state index is 0.184. The van der Waals surface area contributed by atoms with Crippen LogP contribution >= 0.6 is 23.2 Å². The summed E-state index contributed by atoms with van der Waals surface area (Å²) in [6.45, 7) is 2.42. The molecule has 1 amide bonds. The Kier molecular flexibility index (Phi) is 3.89. The third-order valence-electron chi connectivity index (χ3n) is 2.38. The third kappa shape index (κ3) is 2.66. The molecule has 0 radical (unpaired) electrons. The van der Waals surface area contributed by atoms with Crippen molar-refractivity contribution in [2.45, 2.75) is 6.92 Å². The van der Waals surface area contributed by atoms with Gasteiger partial charge >= 0.3 is 0 Å². The zero-order valence-corrected chi connectivity index (χ0v) is 11.1. The lowest BCUT2D eigenvalue weighted by atomic mass is 10.1. The van der Waals surface area contributed by atoms with E-state index in [1.165, 1.54) is 0 Å². The van der Waals surface area contributed by atoms with E-state index < -0.39 is 0 Å². The highest BCUT2D eigenvalue weighted by Crippen LogP contribution is 2.27. The molecule has 2 aromatic rings. The van der Waals surface area contributed by atoms with Gasteiger partial charge in [0.1, 0.15) is 5.69 Å². The molecular formula is C12H11Cl2N3O. The van der Waals surface area contributed by atoms with Crippen LogP contribution in [0, 0.1) is 0 Å². The lowest BCUT2D eigenvalue weighted by Crippen LogP contribution is -2.22. The van der Waals surface area contributed by atoms with Crippen LogP contribution in [-0.4, -0.2) is 22.6 Å². The molecule has 0 saturated carbocycles. The van der Waals surface area contributed by atoms with Crippen molar-refractivity contribution in [3.8, 4) is 11.3 Å². The minimum Gasteiger partial charge on any atom is -0.351 e. The lowest BCUT2D eigenvalue weighted by Gasteiger charge is -1.99. The van der Waals surface area contributed by atoms with Gasteiger partial charge in [0.25, 0.3) is 5.91 Å². The first kappa shape index (κ1) is 12.9. The molecule has 18 heavy (non-hydrogen) atoms. The average molecular weight is 284 g/mol. The summed E-state index contributed by atoms with van der Waals surface area (Å²) in [7, 11) is 0. The van der Waals surface area contributed by atoms with Gasteiger partial charge in [0.2, 0.25) is 0 Å². The van der Waals surface area contributed by atoms with E-state index >= 15 is 0 Å². The maximum absolute atomic E-state index is 11.6. The monoisotopic (exact) mass is 283 g/mol. The van der Waals surface area contributed by atoms with Gasteiger partial charge in [0.05, 0.1) is 15.7 Å². The summed E-state index contributed by atoms with van der Waals surface area (Å²) in [4.78, 5) is 11.6. The first-order chi connectivity index (χ1) is 8.61. The summed E-state index contributed by atoms with van der Waals surface area (Å²) in [5.74, 6) is -0.184. The maximum Gasteiger partial charge on any atom is 0.269 e. The van der Waals surface area contributed by atoms with Gasteiger partial charge in [-0.05, 0) is 25.1 Å². The number of amides is 1.